The summed E-state index contributed by atoms with van der Waals surface area (Å²) in [5.41, 5.74) is 33.0. The van der Waals surface area contributed by atoms with Crippen molar-refractivity contribution in [1.29, 1.82) is 0 Å². The molecule has 0 fully saturated rings. The summed E-state index contributed by atoms with van der Waals surface area (Å²) >= 11 is 0. The quantitative estimate of drug-likeness (QED) is 0.171. The van der Waals surface area contributed by atoms with E-state index >= 15 is 0 Å². The Morgan fingerprint density at radius 3 is 0.513 bits per heavy atom. The van der Waals surface area contributed by atoms with Crippen molar-refractivity contribution in [3.05, 3.63) is 340 Å². The van der Waals surface area contributed by atoms with E-state index in [0.717, 1.165) is 0 Å². The molecule has 0 atom stereocenters. The van der Waals surface area contributed by atoms with Crippen LogP contribution in [-0.4, -0.2) is 0 Å². The highest BCUT2D eigenvalue weighted by Gasteiger charge is 2.58. The molecule has 76 heavy (non-hydrogen) atoms. The summed E-state index contributed by atoms with van der Waals surface area (Å²) in [6.45, 7) is 0. The van der Waals surface area contributed by atoms with Crippen LogP contribution in [0.1, 0.15) is 66.8 Å². The molecular formula is C75H45N. The summed E-state index contributed by atoms with van der Waals surface area (Å²) in [5.74, 6) is 0. The predicted molar refractivity (Wildman–Crippen MR) is 310 cm³/mol. The maximum atomic E-state index is 2.78. The molecule has 1 nitrogen and oxygen atoms in total. The molecule has 1 heteroatoms. The lowest BCUT2D eigenvalue weighted by Gasteiger charge is -2.41. The summed E-state index contributed by atoms with van der Waals surface area (Å²) in [4.78, 5) is 2.78. The number of anilines is 3. The maximum Gasteiger partial charge on any atom is 0.0746 e. The standard InChI is InChI=1S/C75H45N/c1-10-34-58-46(22-1)47-23-2-11-35-59(47)73(58)64-40-16-7-28-52(64)55-31-19-43-67(70(55)73)76(68-44-20-32-56-53-29-8-17-41-65(53)74(71(56)68)60-36-12-3-24-48(60)49-25-4-13-37-61(49)74)69-45-21-33-57-54-30-9-18-42-66(54)75(72(57)69)62-38-14-5-26-50(62)51-27-6-15-39-63(51)75/h1-45H. The number of nitrogens with zero attached hydrogens (tertiary/aromatic N) is 1. The molecule has 0 saturated heterocycles. The number of hydrogen-bond donors (Lipinski definition) is 0. The fourth-order valence-corrected chi connectivity index (χ4v) is 16.3. The molecule has 0 aromatic heterocycles. The van der Waals surface area contributed by atoms with Crippen LogP contribution < -0.4 is 4.90 Å². The molecule has 18 rings (SSSR count). The zero-order valence-electron chi connectivity index (χ0n) is 41.4. The Hall–Kier alpha value is -9.56. The van der Waals surface area contributed by atoms with E-state index in [2.05, 4.69) is 278 Å². The highest BCUT2D eigenvalue weighted by atomic mass is 15.2. The lowest BCUT2D eigenvalue weighted by atomic mass is 9.68. The topological polar surface area (TPSA) is 3.24 Å². The van der Waals surface area contributed by atoms with E-state index in [-0.39, 0.29) is 0 Å². The van der Waals surface area contributed by atoms with E-state index in [1.54, 1.807) is 0 Å². The van der Waals surface area contributed by atoms with Crippen molar-refractivity contribution in [2.24, 2.45) is 0 Å². The highest BCUT2D eigenvalue weighted by molar-refractivity contribution is 6.06. The first kappa shape index (κ1) is 40.9. The van der Waals surface area contributed by atoms with Gasteiger partial charge < -0.3 is 4.90 Å². The summed E-state index contributed by atoms with van der Waals surface area (Å²) in [6.07, 6.45) is 0. The fourth-order valence-electron chi connectivity index (χ4n) is 16.3. The summed E-state index contributed by atoms with van der Waals surface area (Å²) in [7, 11) is 0. The van der Waals surface area contributed by atoms with Crippen molar-refractivity contribution in [1.82, 2.24) is 0 Å². The van der Waals surface area contributed by atoms with Gasteiger partial charge in [-0.2, -0.15) is 0 Å². The van der Waals surface area contributed by atoms with Crippen molar-refractivity contribution in [3.63, 3.8) is 0 Å². The number of benzene rings is 12. The van der Waals surface area contributed by atoms with E-state index in [0.29, 0.717) is 0 Å². The third-order valence-corrected chi connectivity index (χ3v) is 18.7. The largest absolute Gasteiger partial charge is 0.309 e. The molecule has 0 N–H and O–H groups in total. The van der Waals surface area contributed by atoms with Crippen molar-refractivity contribution in [2.75, 3.05) is 4.90 Å². The molecule has 12 aromatic carbocycles. The second-order valence-corrected chi connectivity index (χ2v) is 21.6. The van der Waals surface area contributed by atoms with Gasteiger partial charge in [-0.1, -0.05) is 255 Å². The molecule has 0 unspecified atom stereocenters. The van der Waals surface area contributed by atoms with Crippen LogP contribution in [0.2, 0.25) is 0 Å². The first-order valence-electron chi connectivity index (χ1n) is 26.8. The molecule has 0 aliphatic heterocycles. The SMILES string of the molecule is c1ccc2c(c1)-c1ccccc1C21c2ccccc2-c2cccc(N(c3cccc4c3C3(c5ccccc5-c5ccccc53)c3ccccc3-4)c3cccc4c3C3(c5ccccc5-c5ccccc53)c3ccccc3-4)c21. The Bertz CT molecular complexity index is 3920. The molecule has 0 radical (unpaired) electrons. The van der Waals surface area contributed by atoms with Gasteiger partial charge in [0.15, 0.2) is 0 Å². The predicted octanol–water partition coefficient (Wildman–Crippen LogP) is 18.2. The summed E-state index contributed by atoms with van der Waals surface area (Å²) < 4.78 is 0. The molecule has 0 amide bonds. The van der Waals surface area contributed by atoms with Gasteiger partial charge in [0.05, 0.1) is 33.3 Å². The van der Waals surface area contributed by atoms with Gasteiger partial charge in [-0.25, -0.2) is 0 Å². The van der Waals surface area contributed by atoms with Gasteiger partial charge >= 0.3 is 0 Å². The molecule has 6 aliphatic rings. The molecule has 6 aliphatic carbocycles. The third kappa shape index (κ3) is 4.52. The average Bonchev–Trinajstić information content (AvgIpc) is 4.42. The van der Waals surface area contributed by atoms with Crippen LogP contribution >= 0.6 is 0 Å². The number of rotatable bonds is 3. The third-order valence-electron chi connectivity index (χ3n) is 18.7. The van der Waals surface area contributed by atoms with E-state index in [9.17, 15) is 0 Å². The van der Waals surface area contributed by atoms with Crippen LogP contribution in [0.3, 0.4) is 0 Å². The minimum absolute atomic E-state index is 0.621. The van der Waals surface area contributed by atoms with E-state index in [4.69, 9.17) is 0 Å². The van der Waals surface area contributed by atoms with Crippen LogP contribution in [0.4, 0.5) is 17.1 Å². The zero-order valence-corrected chi connectivity index (χ0v) is 41.4. The van der Waals surface area contributed by atoms with E-state index in [1.807, 2.05) is 0 Å². The Morgan fingerprint density at radius 2 is 0.316 bits per heavy atom. The molecular weight excluding hydrogens is 915 g/mol. The zero-order chi connectivity index (χ0) is 49.5. The van der Waals surface area contributed by atoms with E-state index < -0.39 is 16.2 Å². The fraction of sp³-hybridized carbons (Fsp3) is 0.0400. The van der Waals surface area contributed by atoms with Crippen molar-refractivity contribution in [3.8, 4) is 66.8 Å². The van der Waals surface area contributed by atoms with Crippen LogP contribution in [0.25, 0.3) is 66.8 Å². The normalized spacial score (nSPS) is 15.2. The molecule has 0 saturated carbocycles. The molecule has 3 spiro atoms. The molecule has 0 bridgehead atoms. The minimum atomic E-state index is -0.621. The van der Waals surface area contributed by atoms with Crippen LogP contribution in [0, 0.1) is 0 Å². The van der Waals surface area contributed by atoms with E-state index in [1.165, 1.54) is 151 Å². The van der Waals surface area contributed by atoms with Crippen molar-refractivity contribution in [2.45, 2.75) is 16.2 Å². The van der Waals surface area contributed by atoms with Gasteiger partial charge in [-0.05, 0) is 135 Å². The average molecular weight is 960 g/mol. The van der Waals surface area contributed by atoms with Crippen molar-refractivity contribution >= 4 is 17.1 Å². The number of hydrogen-bond acceptors (Lipinski definition) is 1. The van der Waals surface area contributed by atoms with Gasteiger partial charge in [0.2, 0.25) is 0 Å². The first-order chi connectivity index (χ1) is 37.8. The van der Waals surface area contributed by atoms with Crippen LogP contribution in [0.5, 0.6) is 0 Å². The Morgan fingerprint density at radius 1 is 0.158 bits per heavy atom. The second kappa shape index (κ2) is 14.4. The Labute approximate surface area is 442 Å². The van der Waals surface area contributed by atoms with Gasteiger partial charge in [-0.3, -0.25) is 0 Å². The smallest absolute Gasteiger partial charge is 0.0746 e. The Kier molecular flexibility index (Phi) is 7.74. The van der Waals surface area contributed by atoms with Crippen LogP contribution in [0.15, 0.2) is 273 Å². The van der Waals surface area contributed by atoms with Gasteiger partial charge in [0.1, 0.15) is 0 Å². The van der Waals surface area contributed by atoms with Gasteiger partial charge in [0.25, 0.3) is 0 Å². The minimum Gasteiger partial charge on any atom is -0.309 e. The molecule has 0 heterocycles. The lowest BCUT2D eigenvalue weighted by molar-refractivity contribution is 0.778. The second-order valence-electron chi connectivity index (χ2n) is 21.6. The van der Waals surface area contributed by atoms with Crippen molar-refractivity contribution < 1.29 is 0 Å². The van der Waals surface area contributed by atoms with Gasteiger partial charge in [-0.15, -0.1) is 0 Å². The lowest BCUT2D eigenvalue weighted by Crippen LogP contribution is -2.32. The van der Waals surface area contributed by atoms with Crippen LogP contribution in [-0.2, 0) is 16.2 Å². The number of fused-ring (bicyclic) bond motifs is 30. The molecule has 350 valence electrons. The summed E-state index contributed by atoms with van der Waals surface area (Å²) in [6, 6.07) is 105. The molecule has 12 aromatic rings. The Balaban J connectivity index is 1.05. The highest BCUT2D eigenvalue weighted by Crippen LogP contribution is 2.71. The summed E-state index contributed by atoms with van der Waals surface area (Å²) in [5, 5.41) is 0. The van der Waals surface area contributed by atoms with Gasteiger partial charge in [0, 0.05) is 16.7 Å². The first-order valence-corrected chi connectivity index (χ1v) is 26.8. The monoisotopic (exact) mass is 959 g/mol. The maximum absolute atomic E-state index is 2.78.